The Balaban J connectivity index is 1.31. The van der Waals surface area contributed by atoms with E-state index >= 15 is 0 Å². The van der Waals surface area contributed by atoms with Gasteiger partial charge in [0.1, 0.15) is 23.7 Å². The second kappa shape index (κ2) is 9.03. The lowest BCUT2D eigenvalue weighted by atomic mass is 10.0. The van der Waals surface area contributed by atoms with Crippen molar-refractivity contribution >= 4 is 34.5 Å². The van der Waals surface area contributed by atoms with Crippen LogP contribution in [-0.2, 0) is 14.3 Å². The fourth-order valence-corrected chi connectivity index (χ4v) is 4.88. The number of aromatic nitrogens is 2. The quantitative estimate of drug-likeness (QED) is 0.625. The van der Waals surface area contributed by atoms with E-state index in [1.807, 2.05) is 47.4 Å². The van der Waals surface area contributed by atoms with Gasteiger partial charge in [0.15, 0.2) is 6.79 Å². The van der Waals surface area contributed by atoms with E-state index in [0.29, 0.717) is 36.8 Å². The van der Waals surface area contributed by atoms with E-state index in [-0.39, 0.29) is 24.8 Å². The first-order chi connectivity index (χ1) is 17.2. The number of aliphatic imine (C=N–C) groups is 1. The van der Waals surface area contributed by atoms with Crippen LogP contribution in [0.3, 0.4) is 0 Å². The van der Waals surface area contributed by atoms with E-state index < -0.39 is 6.04 Å². The number of ether oxygens (including phenoxy) is 2. The summed E-state index contributed by atoms with van der Waals surface area (Å²) in [5.74, 6) is 1.48. The number of hydrogen-bond acceptors (Lipinski definition) is 6. The number of benzene rings is 1. The van der Waals surface area contributed by atoms with E-state index in [0.717, 1.165) is 36.0 Å². The summed E-state index contributed by atoms with van der Waals surface area (Å²) < 4.78 is 11.2. The average molecular weight is 475 g/mol. The lowest BCUT2D eigenvalue weighted by Gasteiger charge is -2.24. The maximum atomic E-state index is 13.2. The molecule has 180 valence electrons. The van der Waals surface area contributed by atoms with Crippen LogP contribution in [0.25, 0.3) is 11.0 Å². The van der Waals surface area contributed by atoms with Gasteiger partial charge in [-0.25, -0.2) is 9.78 Å². The Morgan fingerprint density at radius 3 is 3.09 bits per heavy atom. The lowest BCUT2D eigenvalue weighted by molar-refractivity contribution is -0.127. The van der Waals surface area contributed by atoms with Crippen molar-refractivity contribution in [1.29, 1.82) is 0 Å². The Morgan fingerprint density at radius 1 is 1.26 bits per heavy atom. The van der Waals surface area contributed by atoms with Gasteiger partial charge in [-0.3, -0.25) is 20.0 Å². The number of imidazole rings is 1. The Kier molecular flexibility index (Phi) is 5.57. The SMILES string of the molecule is O=C1CCCN1CCC/N=C1/NC(=O)N(c2ccc3[nH]cnc3c2)C1C1=CC2=CC(C=C1)OCO2. The van der Waals surface area contributed by atoms with Gasteiger partial charge in [-0.05, 0) is 48.8 Å². The van der Waals surface area contributed by atoms with E-state index in [2.05, 4.69) is 15.3 Å². The van der Waals surface area contributed by atoms with E-state index in [4.69, 9.17) is 14.5 Å². The first-order valence-electron chi connectivity index (χ1n) is 11.9. The molecule has 10 nitrogen and oxygen atoms in total. The number of H-pyrrole nitrogens is 1. The van der Waals surface area contributed by atoms with Crippen LogP contribution >= 0.6 is 0 Å². The molecule has 2 unspecified atom stereocenters. The molecule has 2 fully saturated rings. The number of aromatic amines is 1. The predicted octanol–water partition coefficient (Wildman–Crippen LogP) is 2.63. The molecule has 0 saturated carbocycles. The van der Waals surface area contributed by atoms with Crippen LogP contribution in [0.1, 0.15) is 19.3 Å². The van der Waals surface area contributed by atoms with Gasteiger partial charge in [0.2, 0.25) is 5.91 Å². The van der Waals surface area contributed by atoms with Crippen molar-refractivity contribution in [2.45, 2.75) is 31.4 Å². The van der Waals surface area contributed by atoms with E-state index in [1.165, 1.54) is 0 Å². The summed E-state index contributed by atoms with van der Waals surface area (Å²) in [7, 11) is 0. The largest absolute Gasteiger partial charge is 0.468 e. The smallest absolute Gasteiger partial charge is 0.328 e. The number of carbonyl (C=O) groups excluding carboxylic acids is 2. The number of amides is 3. The minimum atomic E-state index is -0.465. The summed E-state index contributed by atoms with van der Waals surface area (Å²) in [4.78, 5) is 40.9. The highest BCUT2D eigenvalue weighted by molar-refractivity contribution is 6.18. The predicted molar refractivity (Wildman–Crippen MR) is 130 cm³/mol. The summed E-state index contributed by atoms with van der Waals surface area (Å²) in [5, 5.41) is 2.97. The van der Waals surface area contributed by atoms with Crippen LogP contribution in [0, 0.1) is 0 Å². The molecule has 2 bridgehead atoms. The average Bonchev–Trinajstić information content (AvgIpc) is 3.55. The van der Waals surface area contributed by atoms with Gasteiger partial charge in [-0.1, -0.05) is 12.2 Å². The molecule has 3 amide bonds. The molecule has 2 atom stereocenters. The minimum absolute atomic E-state index is 0.176. The number of likely N-dealkylation sites (tertiary alicyclic amines) is 1. The van der Waals surface area contributed by atoms with Crippen molar-refractivity contribution in [2.75, 3.05) is 31.3 Å². The lowest BCUT2D eigenvalue weighted by Crippen LogP contribution is -2.36. The molecule has 2 saturated heterocycles. The highest BCUT2D eigenvalue weighted by Gasteiger charge is 2.40. The molecule has 0 spiro atoms. The highest BCUT2D eigenvalue weighted by Crippen LogP contribution is 2.31. The number of nitrogens with one attached hydrogen (secondary N) is 2. The second-order valence-electron chi connectivity index (χ2n) is 8.88. The topological polar surface area (TPSA) is 112 Å². The molecule has 2 N–H and O–H groups in total. The number of rotatable bonds is 6. The van der Waals surface area contributed by atoms with Crippen LogP contribution in [-0.4, -0.2) is 71.2 Å². The van der Waals surface area contributed by atoms with Gasteiger partial charge in [0.25, 0.3) is 0 Å². The third kappa shape index (κ3) is 4.21. The minimum Gasteiger partial charge on any atom is -0.468 e. The van der Waals surface area contributed by atoms with Gasteiger partial charge in [-0.15, -0.1) is 0 Å². The third-order valence-corrected chi connectivity index (χ3v) is 6.61. The molecule has 1 aromatic heterocycles. The van der Waals surface area contributed by atoms with Crippen LogP contribution in [0.15, 0.2) is 65.2 Å². The molecule has 2 aromatic rings. The molecule has 3 aliphatic heterocycles. The molecule has 4 heterocycles. The summed E-state index contributed by atoms with van der Waals surface area (Å²) in [5.41, 5.74) is 3.24. The van der Waals surface area contributed by atoms with Crippen molar-refractivity contribution in [3.8, 4) is 0 Å². The number of allylic oxidation sites excluding steroid dienone is 1. The highest BCUT2D eigenvalue weighted by atomic mass is 16.7. The Morgan fingerprint density at radius 2 is 2.20 bits per heavy atom. The zero-order valence-electron chi connectivity index (χ0n) is 19.1. The zero-order valence-corrected chi connectivity index (χ0v) is 19.1. The molecule has 10 heteroatoms. The fraction of sp³-hybridized carbons (Fsp3) is 0.360. The van der Waals surface area contributed by atoms with Crippen LogP contribution in [0.2, 0.25) is 0 Å². The first-order valence-corrected chi connectivity index (χ1v) is 11.9. The van der Waals surface area contributed by atoms with Crippen molar-refractivity contribution in [3.63, 3.8) is 0 Å². The van der Waals surface area contributed by atoms with Crippen molar-refractivity contribution in [3.05, 3.63) is 60.2 Å². The van der Waals surface area contributed by atoms with Gasteiger partial charge in [0, 0.05) is 31.7 Å². The second-order valence-corrected chi connectivity index (χ2v) is 8.88. The van der Waals surface area contributed by atoms with Gasteiger partial charge >= 0.3 is 6.03 Å². The maximum Gasteiger partial charge on any atom is 0.328 e. The fourth-order valence-electron chi connectivity index (χ4n) is 4.88. The number of nitrogens with zero attached hydrogens (tertiary/aromatic N) is 4. The summed E-state index contributed by atoms with van der Waals surface area (Å²) >= 11 is 0. The van der Waals surface area contributed by atoms with Crippen molar-refractivity contribution < 1.29 is 19.1 Å². The molecular weight excluding hydrogens is 448 g/mol. The van der Waals surface area contributed by atoms with Crippen LogP contribution in [0.4, 0.5) is 10.5 Å². The summed E-state index contributed by atoms with van der Waals surface area (Å²) in [6.45, 7) is 2.18. The Labute approximate surface area is 202 Å². The number of amidine groups is 1. The monoisotopic (exact) mass is 474 g/mol. The van der Waals surface area contributed by atoms with Crippen molar-refractivity contribution in [2.24, 2.45) is 4.99 Å². The van der Waals surface area contributed by atoms with E-state index in [9.17, 15) is 9.59 Å². The molecular formula is C25H26N6O4. The van der Waals surface area contributed by atoms with Crippen LogP contribution < -0.4 is 10.2 Å². The number of urea groups is 1. The van der Waals surface area contributed by atoms with Crippen molar-refractivity contribution in [1.82, 2.24) is 20.2 Å². The number of hydrogen-bond donors (Lipinski definition) is 2. The molecule has 1 aliphatic carbocycles. The summed E-state index contributed by atoms with van der Waals surface area (Å²) in [6.07, 6.45) is 11.5. The van der Waals surface area contributed by atoms with Crippen LogP contribution in [0.5, 0.6) is 0 Å². The molecule has 4 aliphatic rings. The summed E-state index contributed by atoms with van der Waals surface area (Å²) in [6, 6.07) is 4.97. The third-order valence-electron chi connectivity index (χ3n) is 6.61. The molecule has 6 rings (SSSR count). The normalized spacial score (nSPS) is 25.1. The van der Waals surface area contributed by atoms with Gasteiger partial charge in [-0.2, -0.15) is 0 Å². The number of carbonyl (C=O) groups is 2. The molecule has 35 heavy (non-hydrogen) atoms. The van der Waals surface area contributed by atoms with Gasteiger partial charge in [0.05, 0.1) is 17.4 Å². The molecule has 1 aromatic carbocycles. The maximum absolute atomic E-state index is 13.2. The Hall–Kier alpha value is -3.92. The van der Waals surface area contributed by atoms with E-state index in [1.54, 1.807) is 11.2 Å². The molecule has 0 radical (unpaired) electrons. The zero-order chi connectivity index (χ0) is 23.8. The number of anilines is 1. The standard InChI is InChI=1S/C25H26N6O4/c32-22-3-1-9-30(22)10-2-8-26-24-23(16-4-6-18-13-19(11-16)35-15-34-18)31(25(33)29-24)17-5-7-20-21(12-17)28-14-27-20/h4-7,11-14,18,23H,1-3,8-10,15H2,(H,27,28)(H,26,29,33). The first kappa shape index (κ1) is 21.6. The Bertz CT molecular complexity index is 1290. The van der Waals surface area contributed by atoms with Gasteiger partial charge < -0.3 is 19.4 Å². The number of fused-ring (bicyclic) bond motifs is 2.